The van der Waals surface area contributed by atoms with Crippen LogP contribution < -0.4 is 0 Å². The van der Waals surface area contributed by atoms with Crippen LogP contribution in [0.2, 0.25) is 5.02 Å². The molecule has 74 valence electrons. The van der Waals surface area contributed by atoms with Crippen molar-refractivity contribution in [1.82, 2.24) is 0 Å². The lowest BCUT2D eigenvalue weighted by molar-refractivity contribution is 0.0693. The maximum atomic E-state index is 10.7. The topological polar surface area (TPSA) is 57.5 Å². The molecule has 14 heavy (non-hydrogen) atoms. The van der Waals surface area contributed by atoms with Gasteiger partial charge in [-0.25, -0.2) is 4.79 Å². The summed E-state index contributed by atoms with van der Waals surface area (Å²) >= 11 is 5.78. The molecule has 1 aromatic rings. The largest absolute Gasteiger partial charge is 0.507 e. The Morgan fingerprint density at radius 2 is 2.21 bits per heavy atom. The van der Waals surface area contributed by atoms with Crippen LogP contribution in [0.4, 0.5) is 0 Å². The standard InChI is InChI=1S/C10H9ClO3/c1-2-3-6-8(11)5-4-7(9(6)12)10(13)14/h2,4-5,12H,1,3H2,(H,13,14). The van der Waals surface area contributed by atoms with Crippen LogP contribution in [0.3, 0.4) is 0 Å². The summed E-state index contributed by atoms with van der Waals surface area (Å²) < 4.78 is 0. The Balaban J connectivity index is 3.32. The predicted molar refractivity (Wildman–Crippen MR) is 54.0 cm³/mol. The quantitative estimate of drug-likeness (QED) is 0.757. The van der Waals surface area contributed by atoms with Gasteiger partial charge in [0.05, 0.1) is 0 Å². The second-order valence-corrected chi connectivity index (χ2v) is 3.13. The second kappa shape index (κ2) is 4.15. The van der Waals surface area contributed by atoms with Gasteiger partial charge in [-0.05, 0) is 18.6 Å². The number of hydrogen-bond acceptors (Lipinski definition) is 2. The zero-order chi connectivity index (χ0) is 10.7. The highest BCUT2D eigenvalue weighted by molar-refractivity contribution is 6.31. The normalized spacial score (nSPS) is 9.79. The van der Waals surface area contributed by atoms with Crippen molar-refractivity contribution in [2.75, 3.05) is 0 Å². The number of halogens is 1. The van der Waals surface area contributed by atoms with Gasteiger partial charge in [0.25, 0.3) is 0 Å². The fourth-order valence-electron chi connectivity index (χ4n) is 1.12. The molecule has 2 N–H and O–H groups in total. The van der Waals surface area contributed by atoms with Gasteiger partial charge in [-0.15, -0.1) is 6.58 Å². The van der Waals surface area contributed by atoms with Gasteiger partial charge in [-0.2, -0.15) is 0 Å². The van der Waals surface area contributed by atoms with Crippen LogP contribution in [-0.2, 0) is 6.42 Å². The van der Waals surface area contributed by atoms with E-state index in [0.29, 0.717) is 17.0 Å². The van der Waals surface area contributed by atoms with Crippen molar-refractivity contribution in [3.8, 4) is 5.75 Å². The van der Waals surface area contributed by atoms with Crippen molar-refractivity contribution in [3.05, 3.63) is 40.9 Å². The Morgan fingerprint density at radius 3 is 2.71 bits per heavy atom. The predicted octanol–water partition coefficient (Wildman–Crippen LogP) is 2.47. The Bertz CT molecular complexity index is 385. The smallest absolute Gasteiger partial charge is 0.339 e. The van der Waals surface area contributed by atoms with Crippen molar-refractivity contribution >= 4 is 17.6 Å². The van der Waals surface area contributed by atoms with Gasteiger partial charge in [0.15, 0.2) is 0 Å². The van der Waals surface area contributed by atoms with Crippen LogP contribution in [0.15, 0.2) is 24.8 Å². The Morgan fingerprint density at radius 1 is 1.57 bits per heavy atom. The molecule has 0 saturated heterocycles. The number of rotatable bonds is 3. The maximum Gasteiger partial charge on any atom is 0.339 e. The van der Waals surface area contributed by atoms with E-state index in [1.807, 2.05) is 0 Å². The Kier molecular flexibility index (Phi) is 3.14. The summed E-state index contributed by atoms with van der Waals surface area (Å²) in [5.41, 5.74) is 0.243. The first-order valence-corrected chi connectivity index (χ1v) is 4.30. The Hall–Kier alpha value is -1.48. The summed E-state index contributed by atoms with van der Waals surface area (Å²) in [6, 6.07) is 2.72. The molecule has 0 amide bonds. The van der Waals surface area contributed by atoms with E-state index < -0.39 is 5.97 Å². The van der Waals surface area contributed by atoms with Crippen LogP contribution in [-0.4, -0.2) is 16.2 Å². The molecule has 0 radical (unpaired) electrons. The van der Waals surface area contributed by atoms with Crippen LogP contribution >= 0.6 is 11.6 Å². The van der Waals surface area contributed by atoms with Crippen LogP contribution in [0.5, 0.6) is 5.75 Å². The van der Waals surface area contributed by atoms with Gasteiger partial charge in [-0.3, -0.25) is 0 Å². The van der Waals surface area contributed by atoms with Crippen molar-refractivity contribution < 1.29 is 15.0 Å². The van der Waals surface area contributed by atoms with Crippen molar-refractivity contribution in [3.63, 3.8) is 0 Å². The second-order valence-electron chi connectivity index (χ2n) is 2.72. The lowest BCUT2D eigenvalue weighted by Crippen LogP contribution is -1.99. The number of phenols is 1. The fraction of sp³-hybridized carbons (Fsp3) is 0.100. The molecule has 0 fully saturated rings. The third-order valence-electron chi connectivity index (χ3n) is 1.80. The summed E-state index contributed by atoms with van der Waals surface area (Å²) in [6.07, 6.45) is 1.89. The molecule has 0 atom stereocenters. The van der Waals surface area contributed by atoms with E-state index in [-0.39, 0.29) is 11.3 Å². The molecule has 0 saturated carbocycles. The van der Waals surface area contributed by atoms with Gasteiger partial charge in [-0.1, -0.05) is 17.7 Å². The first kappa shape index (κ1) is 10.6. The maximum absolute atomic E-state index is 10.7. The first-order valence-electron chi connectivity index (χ1n) is 3.92. The molecule has 0 aliphatic carbocycles. The zero-order valence-electron chi connectivity index (χ0n) is 7.33. The molecule has 4 heteroatoms. The van der Waals surface area contributed by atoms with Crippen molar-refractivity contribution in [1.29, 1.82) is 0 Å². The number of aromatic hydroxyl groups is 1. The van der Waals surface area contributed by atoms with Crippen molar-refractivity contribution in [2.24, 2.45) is 0 Å². The minimum Gasteiger partial charge on any atom is -0.507 e. The summed E-state index contributed by atoms with van der Waals surface area (Å²) in [4.78, 5) is 10.7. The average molecular weight is 213 g/mol. The SMILES string of the molecule is C=CCc1c(Cl)ccc(C(=O)O)c1O. The third-order valence-corrected chi connectivity index (χ3v) is 2.16. The highest BCUT2D eigenvalue weighted by Crippen LogP contribution is 2.30. The molecule has 0 aromatic heterocycles. The van der Waals surface area contributed by atoms with Crippen molar-refractivity contribution in [2.45, 2.75) is 6.42 Å². The lowest BCUT2D eigenvalue weighted by Gasteiger charge is -2.06. The molecule has 1 rings (SSSR count). The molecule has 0 heterocycles. The molecule has 0 aliphatic rings. The van der Waals surface area contributed by atoms with Crippen LogP contribution in [0.25, 0.3) is 0 Å². The molecular formula is C10H9ClO3. The third kappa shape index (κ3) is 1.88. The van der Waals surface area contributed by atoms with E-state index >= 15 is 0 Å². The summed E-state index contributed by atoms with van der Waals surface area (Å²) in [6.45, 7) is 3.50. The Labute approximate surface area is 86.3 Å². The molecule has 0 spiro atoms. The number of carbonyl (C=O) groups is 1. The van der Waals surface area contributed by atoms with E-state index in [0.717, 1.165) is 0 Å². The summed E-state index contributed by atoms with van der Waals surface area (Å²) in [7, 11) is 0. The van der Waals surface area contributed by atoms with Gasteiger partial charge in [0.2, 0.25) is 0 Å². The minimum absolute atomic E-state index is 0.147. The highest BCUT2D eigenvalue weighted by Gasteiger charge is 2.14. The summed E-state index contributed by atoms with van der Waals surface area (Å²) in [5.74, 6) is -1.46. The minimum atomic E-state index is -1.18. The van der Waals surface area contributed by atoms with E-state index in [2.05, 4.69) is 6.58 Å². The fourth-order valence-corrected chi connectivity index (χ4v) is 1.35. The van der Waals surface area contributed by atoms with E-state index in [1.54, 1.807) is 6.08 Å². The molecule has 3 nitrogen and oxygen atoms in total. The monoisotopic (exact) mass is 212 g/mol. The van der Waals surface area contributed by atoms with E-state index in [1.165, 1.54) is 12.1 Å². The zero-order valence-corrected chi connectivity index (χ0v) is 8.08. The van der Waals surface area contributed by atoms with Gasteiger partial charge < -0.3 is 10.2 Å². The van der Waals surface area contributed by atoms with Gasteiger partial charge >= 0.3 is 5.97 Å². The molecule has 0 unspecified atom stereocenters. The number of hydrogen-bond donors (Lipinski definition) is 2. The molecule has 0 bridgehead atoms. The van der Waals surface area contributed by atoms with E-state index in [4.69, 9.17) is 16.7 Å². The van der Waals surface area contributed by atoms with Gasteiger partial charge in [0, 0.05) is 10.6 Å². The molecule has 0 aliphatic heterocycles. The highest BCUT2D eigenvalue weighted by atomic mass is 35.5. The average Bonchev–Trinajstić information content (AvgIpc) is 2.11. The van der Waals surface area contributed by atoms with Crippen LogP contribution in [0.1, 0.15) is 15.9 Å². The number of aromatic carboxylic acids is 1. The molecule has 1 aromatic carbocycles. The van der Waals surface area contributed by atoms with E-state index in [9.17, 15) is 9.90 Å². The molecular weight excluding hydrogens is 204 g/mol. The lowest BCUT2D eigenvalue weighted by atomic mass is 10.1. The number of carboxylic acids is 1. The van der Waals surface area contributed by atoms with Gasteiger partial charge in [0.1, 0.15) is 11.3 Å². The number of benzene rings is 1. The summed E-state index contributed by atoms with van der Waals surface area (Å²) in [5, 5.41) is 18.6. The van der Waals surface area contributed by atoms with Crippen LogP contribution in [0, 0.1) is 0 Å². The number of allylic oxidation sites excluding steroid dienone is 1. The number of carboxylic acid groups (broad SMARTS) is 1. The first-order chi connectivity index (χ1) is 6.57.